The number of nitrogens with one attached hydrogen (secondary N) is 1. The zero-order valence-corrected chi connectivity index (χ0v) is 9.11. The molecule has 1 aromatic rings. The molecule has 3 nitrogen and oxygen atoms in total. The molecular formula is C9H15N3S. The lowest BCUT2D eigenvalue weighted by molar-refractivity contribution is 0.444. The minimum Gasteiger partial charge on any atom is -0.315 e. The molecule has 2 rings (SSSR count). The number of nitrogens with zero attached hydrogens (tertiary/aromatic N) is 2. The number of hydrogen-bond donors (Lipinski definition) is 1. The zero-order valence-electron chi connectivity index (χ0n) is 8.29. The standard InChI is InChI=1S/C9H15N3S/c1-9(2,3)8-12-11-7(13-8)6-4-10-5-6/h6,10H,4-5H2,1-3H3. The molecule has 4 heteroatoms. The number of rotatable bonds is 1. The maximum atomic E-state index is 4.23. The Morgan fingerprint density at radius 1 is 1.31 bits per heavy atom. The molecule has 0 bridgehead atoms. The largest absolute Gasteiger partial charge is 0.315 e. The summed E-state index contributed by atoms with van der Waals surface area (Å²) < 4.78 is 0. The molecule has 2 heterocycles. The smallest absolute Gasteiger partial charge is 0.123 e. The maximum Gasteiger partial charge on any atom is 0.123 e. The summed E-state index contributed by atoms with van der Waals surface area (Å²) in [7, 11) is 0. The van der Waals surface area contributed by atoms with Crippen LogP contribution in [0.25, 0.3) is 0 Å². The summed E-state index contributed by atoms with van der Waals surface area (Å²) in [4.78, 5) is 0. The van der Waals surface area contributed by atoms with Crippen LogP contribution in [0.1, 0.15) is 36.7 Å². The third kappa shape index (κ3) is 1.74. The average Bonchev–Trinajstić information content (AvgIpc) is 2.29. The Bertz CT molecular complexity index is 296. The van der Waals surface area contributed by atoms with E-state index in [1.807, 2.05) is 0 Å². The van der Waals surface area contributed by atoms with Crippen LogP contribution in [0.15, 0.2) is 0 Å². The Hall–Kier alpha value is -0.480. The van der Waals surface area contributed by atoms with E-state index in [0.717, 1.165) is 18.1 Å². The number of aromatic nitrogens is 2. The highest BCUT2D eigenvalue weighted by Crippen LogP contribution is 2.29. The SMILES string of the molecule is CC(C)(C)c1nnc(C2CNC2)s1. The first kappa shape index (κ1) is 9.09. The van der Waals surface area contributed by atoms with Crippen molar-refractivity contribution in [3.8, 4) is 0 Å². The Morgan fingerprint density at radius 3 is 2.38 bits per heavy atom. The first-order valence-corrected chi connectivity index (χ1v) is 5.43. The van der Waals surface area contributed by atoms with Crippen molar-refractivity contribution in [2.75, 3.05) is 13.1 Å². The minimum absolute atomic E-state index is 0.146. The molecule has 0 amide bonds. The van der Waals surface area contributed by atoms with Crippen LogP contribution in [0.2, 0.25) is 0 Å². The van der Waals surface area contributed by atoms with Crippen LogP contribution in [0.4, 0.5) is 0 Å². The van der Waals surface area contributed by atoms with Crippen LogP contribution < -0.4 is 5.32 Å². The van der Waals surface area contributed by atoms with E-state index in [1.54, 1.807) is 11.3 Å². The van der Waals surface area contributed by atoms with E-state index in [-0.39, 0.29) is 5.41 Å². The molecule has 0 aromatic carbocycles. The first-order chi connectivity index (χ1) is 6.07. The van der Waals surface area contributed by atoms with Gasteiger partial charge in [0.25, 0.3) is 0 Å². The van der Waals surface area contributed by atoms with Crippen LogP contribution in [0.3, 0.4) is 0 Å². The van der Waals surface area contributed by atoms with E-state index >= 15 is 0 Å². The van der Waals surface area contributed by atoms with E-state index in [4.69, 9.17) is 0 Å². The van der Waals surface area contributed by atoms with Crippen LogP contribution in [-0.4, -0.2) is 23.3 Å². The Balaban J connectivity index is 2.17. The lowest BCUT2D eigenvalue weighted by Gasteiger charge is -2.24. The summed E-state index contributed by atoms with van der Waals surface area (Å²) >= 11 is 1.76. The Labute approximate surface area is 82.6 Å². The topological polar surface area (TPSA) is 37.8 Å². The van der Waals surface area contributed by atoms with Crippen molar-refractivity contribution in [2.24, 2.45) is 0 Å². The molecule has 13 heavy (non-hydrogen) atoms. The van der Waals surface area contributed by atoms with E-state index in [9.17, 15) is 0 Å². The van der Waals surface area contributed by atoms with Crippen molar-refractivity contribution in [2.45, 2.75) is 32.1 Å². The average molecular weight is 197 g/mol. The maximum absolute atomic E-state index is 4.23. The molecule has 0 spiro atoms. The lowest BCUT2D eigenvalue weighted by Crippen LogP contribution is -2.39. The summed E-state index contributed by atoms with van der Waals surface area (Å²) in [6.45, 7) is 8.67. The molecule has 1 aliphatic rings. The molecule has 0 radical (unpaired) electrons. The highest BCUT2D eigenvalue weighted by atomic mass is 32.1. The Kier molecular flexibility index (Phi) is 2.12. The van der Waals surface area contributed by atoms with Gasteiger partial charge in [0.05, 0.1) is 0 Å². The fourth-order valence-electron chi connectivity index (χ4n) is 1.17. The van der Waals surface area contributed by atoms with Crippen molar-refractivity contribution >= 4 is 11.3 Å². The van der Waals surface area contributed by atoms with E-state index in [1.165, 1.54) is 5.01 Å². The van der Waals surface area contributed by atoms with Crippen molar-refractivity contribution in [3.63, 3.8) is 0 Å². The third-order valence-corrected chi connectivity index (χ3v) is 3.72. The van der Waals surface area contributed by atoms with Gasteiger partial charge in [-0.1, -0.05) is 20.8 Å². The molecule has 1 aliphatic heterocycles. The molecule has 0 aliphatic carbocycles. The first-order valence-electron chi connectivity index (χ1n) is 4.62. The van der Waals surface area contributed by atoms with Crippen molar-refractivity contribution < 1.29 is 0 Å². The van der Waals surface area contributed by atoms with Crippen LogP contribution >= 0.6 is 11.3 Å². The van der Waals surface area contributed by atoms with Gasteiger partial charge in [0.15, 0.2) is 0 Å². The van der Waals surface area contributed by atoms with Crippen LogP contribution in [-0.2, 0) is 5.41 Å². The van der Waals surface area contributed by atoms with Gasteiger partial charge in [0, 0.05) is 24.4 Å². The highest BCUT2D eigenvalue weighted by molar-refractivity contribution is 7.11. The zero-order chi connectivity index (χ0) is 9.47. The normalized spacial score (nSPS) is 18.7. The lowest BCUT2D eigenvalue weighted by atomic mass is 9.98. The van der Waals surface area contributed by atoms with E-state index < -0.39 is 0 Å². The fourth-order valence-corrected chi connectivity index (χ4v) is 2.17. The molecule has 0 atom stereocenters. The molecule has 1 aromatic heterocycles. The summed E-state index contributed by atoms with van der Waals surface area (Å²) in [5, 5.41) is 14.1. The summed E-state index contributed by atoms with van der Waals surface area (Å²) in [5.74, 6) is 0.619. The highest BCUT2D eigenvalue weighted by Gasteiger charge is 2.26. The minimum atomic E-state index is 0.146. The predicted molar refractivity (Wildman–Crippen MR) is 54.2 cm³/mol. The Morgan fingerprint density at radius 2 is 2.00 bits per heavy atom. The van der Waals surface area contributed by atoms with Crippen molar-refractivity contribution in [1.29, 1.82) is 0 Å². The predicted octanol–water partition coefficient (Wildman–Crippen LogP) is 1.52. The summed E-state index contributed by atoms with van der Waals surface area (Å²) in [6.07, 6.45) is 0. The van der Waals surface area contributed by atoms with E-state index in [2.05, 4.69) is 36.3 Å². The van der Waals surface area contributed by atoms with Gasteiger partial charge >= 0.3 is 0 Å². The molecule has 0 saturated carbocycles. The van der Waals surface area contributed by atoms with Gasteiger partial charge in [0.2, 0.25) is 0 Å². The van der Waals surface area contributed by atoms with E-state index in [0.29, 0.717) is 5.92 Å². The molecule has 1 fully saturated rings. The van der Waals surface area contributed by atoms with Crippen molar-refractivity contribution in [3.05, 3.63) is 10.0 Å². The van der Waals surface area contributed by atoms with Gasteiger partial charge < -0.3 is 5.32 Å². The number of hydrogen-bond acceptors (Lipinski definition) is 4. The molecule has 1 saturated heterocycles. The van der Waals surface area contributed by atoms with Crippen molar-refractivity contribution in [1.82, 2.24) is 15.5 Å². The second kappa shape index (κ2) is 3.03. The van der Waals surface area contributed by atoms with Gasteiger partial charge in [-0.25, -0.2) is 0 Å². The fraction of sp³-hybridized carbons (Fsp3) is 0.778. The van der Waals surface area contributed by atoms with Crippen LogP contribution in [0.5, 0.6) is 0 Å². The molecule has 72 valence electrons. The van der Waals surface area contributed by atoms with Crippen LogP contribution in [0, 0.1) is 0 Å². The molecule has 0 unspecified atom stereocenters. The summed E-state index contributed by atoms with van der Waals surface area (Å²) in [5.41, 5.74) is 0.146. The third-order valence-electron chi connectivity index (χ3n) is 2.21. The van der Waals surface area contributed by atoms with Gasteiger partial charge in [-0.15, -0.1) is 21.5 Å². The summed E-state index contributed by atoms with van der Waals surface area (Å²) in [6, 6.07) is 0. The monoisotopic (exact) mass is 197 g/mol. The molecule has 1 N–H and O–H groups in total. The second-order valence-electron chi connectivity index (χ2n) is 4.55. The van der Waals surface area contributed by atoms with Gasteiger partial charge in [-0.3, -0.25) is 0 Å². The second-order valence-corrected chi connectivity index (χ2v) is 5.56. The molecular weight excluding hydrogens is 182 g/mol. The van der Waals surface area contributed by atoms with Gasteiger partial charge in [-0.2, -0.15) is 0 Å². The van der Waals surface area contributed by atoms with Gasteiger partial charge in [0.1, 0.15) is 10.0 Å². The quantitative estimate of drug-likeness (QED) is 0.742. The van der Waals surface area contributed by atoms with Gasteiger partial charge in [-0.05, 0) is 0 Å².